The number of guanidine groups is 1. The van der Waals surface area contributed by atoms with E-state index in [4.69, 9.17) is 0 Å². The second kappa shape index (κ2) is 10.4. The van der Waals surface area contributed by atoms with Gasteiger partial charge in [-0.1, -0.05) is 13.8 Å². The first kappa shape index (κ1) is 21.5. The number of nitrogens with zero attached hydrogens (tertiary/aromatic N) is 4. The number of hydrogen-bond acceptors (Lipinski definition) is 3. The van der Waals surface area contributed by atoms with E-state index in [1.807, 2.05) is 18.8 Å². The Balaban J connectivity index is 2.61. The summed E-state index contributed by atoms with van der Waals surface area (Å²) in [6.45, 7) is 16.0. The van der Waals surface area contributed by atoms with Crippen LogP contribution in [0.15, 0.2) is 4.99 Å². The average molecular weight is 351 g/mol. The highest BCUT2D eigenvalue weighted by Crippen LogP contribution is 2.15. The Bertz CT molecular complexity index is 536. The predicted octanol–water partition coefficient (Wildman–Crippen LogP) is 2.33. The molecular formula is C19H38N6. The van der Waals surface area contributed by atoms with Crippen LogP contribution in [0.4, 0.5) is 0 Å². The molecule has 25 heavy (non-hydrogen) atoms. The molecule has 0 fully saturated rings. The highest BCUT2D eigenvalue weighted by molar-refractivity contribution is 5.79. The summed E-state index contributed by atoms with van der Waals surface area (Å²) < 4.78 is 2.01. The van der Waals surface area contributed by atoms with Gasteiger partial charge in [-0.3, -0.25) is 14.6 Å². The Hall–Kier alpha value is -1.56. The van der Waals surface area contributed by atoms with E-state index in [9.17, 15) is 0 Å². The van der Waals surface area contributed by atoms with Crippen LogP contribution < -0.4 is 10.6 Å². The van der Waals surface area contributed by atoms with Crippen LogP contribution in [0.2, 0.25) is 0 Å². The third-order valence-corrected chi connectivity index (χ3v) is 4.67. The summed E-state index contributed by atoms with van der Waals surface area (Å²) >= 11 is 0. The van der Waals surface area contributed by atoms with E-state index in [0.717, 1.165) is 38.4 Å². The topological polar surface area (TPSA) is 57.5 Å². The third-order valence-electron chi connectivity index (χ3n) is 4.67. The molecule has 0 amide bonds. The lowest BCUT2D eigenvalue weighted by Gasteiger charge is -2.30. The van der Waals surface area contributed by atoms with E-state index in [2.05, 4.69) is 67.2 Å². The monoisotopic (exact) mass is 350 g/mol. The molecule has 0 atom stereocenters. The van der Waals surface area contributed by atoms with Gasteiger partial charge in [0.25, 0.3) is 0 Å². The zero-order valence-electron chi connectivity index (χ0n) is 17.5. The summed E-state index contributed by atoms with van der Waals surface area (Å²) in [6.07, 6.45) is 1.94. The minimum atomic E-state index is 0.548. The van der Waals surface area contributed by atoms with Crippen molar-refractivity contribution in [3.8, 4) is 0 Å². The third kappa shape index (κ3) is 6.03. The van der Waals surface area contributed by atoms with Gasteiger partial charge in [0.15, 0.2) is 5.96 Å². The van der Waals surface area contributed by atoms with Crippen LogP contribution in [0.1, 0.15) is 58.5 Å². The molecule has 0 aliphatic carbocycles. The van der Waals surface area contributed by atoms with Gasteiger partial charge < -0.3 is 10.6 Å². The smallest absolute Gasteiger partial charge is 0.191 e. The zero-order chi connectivity index (χ0) is 19.0. The van der Waals surface area contributed by atoms with E-state index < -0.39 is 0 Å². The molecule has 0 saturated heterocycles. The van der Waals surface area contributed by atoms with E-state index in [1.165, 1.54) is 17.0 Å². The molecule has 0 unspecified atom stereocenters. The van der Waals surface area contributed by atoms with Crippen LogP contribution in [-0.4, -0.2) is 52.9 Å². The van der Waals surface area contributed by atoms with Crippen LogP contribution in [0.25, 0.3) is 0 Å². The molecule has 1 heterocycles. The molecule has 6 heteroatoms. The van der Waals surface area contributed by atoms with Crippen molar-refractivity contribution in [1.29, 1.82) is 0 Å². The Morgan fingerprint density at radius 3 is 2.24 bits per heavy atom. The number of aryl methyl sites for hydroxylation is 2. The van der Waals surface area contributed by atoms with Crippen LogP contribution in [0.5, 0.6) is 0 Å². The minimum Gasteiger partial charge on any atom is -0.355 e. The normalized spacial score (nSPS) is 12.5. The molecule has 0 bridgehead atoms. The van der Waals surface area contributed by atoms with Crippen molar-refractivity contribution >= 4 is 5.96 Å². The molecule has 0 aromatic carbocycles. The number of nitrogens with one attached hydrogen (secondary N) is 2. The maximum atomic E-state index is 4.64. The SMILES string of the molecule is CCc1nn(C)c(CC)c1CNC(=NC)NCCN(C(C)C)C(C)C. The Kier molecular flexibility index (Phi) is 8.97. The fourth-order valence-corrected chi connectivity index (χ4v) is 3.40. The molecule has 144 valence electrons. The van der Waals surface area contributed by atoms with Gasteiger partial charge in [-0.05, 0) is 40.5 Å². The Morgan fingerprint density at radius 1 is 1.12 bits per heavy atom. The summed E-state index contributed by atoms with van der Waals surface area (Å²) in [5.41, 5.74) is 3.78. The van der Waals surface area contributed by atoms with Gasteiger partial charge in [0.1, 0.15) is 0 Å². The van der Waals surface area contributed by atoms with Gasteiger partial charge in [-0.15, -0.1) is 0 Å². The Morgan fingerprint density at radius 2 is 1.76 bits per heavy atom. The van der Waals surface area contributed by atoms with Crippen molar-refractivity contribution in [3.05, 3.63) is 17.0 Å². The van der Waals surface area contributed by atoms with Crippen LogP contribution in [-0.2, 0) is 26.4 Å². The van der Waals surface area contributed by atoms with Gasteiger partial charge in [-0.25, -0.2) is 0 Å². The molecule has 0 spiro atoms. The average Bonchev–Trinajstić information content (AvgIpc) is 2.88. The molecule has 1 aromatic heterocycles. The lowest BCUT2D eigenvalue weighted by Crippen LogP contribution is -2.45. The van der Waals surface area contributed by atoms with E-state index in [1.54, 1.807) is 0 Å². The summed E-state index contributed by atoms with van der Waals surface area (Å²) in [5.74, 6) is 0.848. The van der Waals surface area contributed by atoms with Crippen molar-refractivity contribution in [1.82, 2.24) is 25.3 Å². The first-order valence-electron chi connectivity index (χ1n) is 9.59. The van der Waals surface area contributed by atoms with Gasteiger partial charge in [0.2, 0.25) is 0 Å². The number of aromatic nitrogens is 2. The molecule has 2 N–H and O–H groups in total. The van der Waals surface area contributed by atoms with Crippen molar-refractivity contribution in [2.75, 3.05) is 20.1 Å². The van der Waals surface area contributed by atoms with E-state index in [-0.39, 0.29) is 0 Å². The number of hydrogen-bond donors (Lipinski definition) is 2. The number of rotatable bonds is 9. The summed E-state index contributed by atoms with van der Waals surface area (Å²) in [7, 11) is 3.85. The van der Waals surface area contributed by atoms with Gasteiger partial charge in [-0.2, -0.15) is 5.10 Å². The second-order valence-corrected chi connectivity index (χ2v) is 6.98. The summed E-state index contributed by atoms with van der Waals surface area (Å²) in [5, 5.41) is 11.5. The summed E-state index contributed by atoms with van der Waals surface area (Å²) in [6, 6.07) is 1.10. The van der Waals surface area contributed by atoms with Crippen molar-refractivity contribution in [3.63, 3.8) is 0 Å². The molecule has 0 saturated carbocycles. The van der Waals surface area contributed by atoms with Gasteiger partial charge >= 0.3 is 0 Å². The van der Waals surface area contributed by atoms with Gasteiger partial charge in [0.05, 0.1) is 5.69 Å². The molecule has 0 aliphatic rings. The van der Waals surface area contributed by atoms with Crippen LogP contribution in [0, 0.1) is 0 Å². The maximum absolute atomic E-state index is 4.64. The van der Waals surface area contributed by atoms with E-state index >= 15 is 0 Å². The molecule has 6 nitrogen and oxygen atoms in total. The van der Waals surface area contributed by atoms with Crippen LogP contribution in [0.3, 0.4) is 0 Å². The molecular weight excluding hydrogens is 312 g/mol. The fourth-order valence-electron chi connectivity index (χ4n) is 3.40. The van der Waals surface area contributed by atoms with Crippen molar-refractivity contribution < 1.29 is 0 Å². The number of aliphatic imine (C=N–C) groups is 1. The standard InChI is InChI=1S/C19H38N6/c1-9-17-16(18(10-2)24(8)23-17)13-22-19(20-7)21-11-12-25(14(3)4)15(5)6/h14-15H,9-13H2,1-8H3,(H2,20,21,22). The van der Waals surface area contributed by atoms with Crippen molar-refractivity contribution in [2.45, 2.75) is 73.0 Å². The van der Waals surface area contributed by atoms with Crippen molar-refractivity contribution in [2.24, 2.45) is 12.0 Å². The predicted molar refractivity (Wildman–Crippen MR) is 107 cm³/mol. The second-order valence-electron chi connectivity index (χ2n) is 6.98. The van der Waals surface area contributed by atoms with E-state index in [0.29, 0.717) is 12.1 Å². The quantitative estimate of drug-likeness (QED) is 0.530. The minimum absolute atomic E-state index is 0.548. The molecule has 1 aromatic rings. The lowest BCUT2D eigenvalue weighted by molar-refractivity contribution is 0.178. The highest BCUT2D eigenvalue weighted by atomic mass is 15.3. The molecule has 0 aliphatic heterocycles. The highest BCUT2D eigenvalue weighted by Gasteiger charge is 2.15. The lowest BCUT2D eigenvalue weighted by atomic mass is 10.1. The van der Waals surface area contributed by atoms with Crippen LogP contribution >= 0.6 is 0 Å². The van der Waals surface area contributed by atoms with Gasteiger partial charge in [0, 0.05) is 57.1 Å². The summed E-state index contributed by atoms with van der Waals surface area (Å²) in [4.78, 5) is 6.83. The maximum Gasteiger partial charge on any atom is 0.191 e. The first-order valence-corrected chi connectivity index (χ1v) is 9.59. The largest absolute Gasteiger partial charge is 0.355 e. The molecule has 0 radical (unpaired) electrons. The first-order chi connectivity index (χ1) is 11.8. The fraction of sp³-hybridized carbons (Fsp3) is 0.789. The Labute approximate surface area is 154 Å². The molecule has 1 rings (SSSR count). The zero-order valence-corrected chi connectivity index (χ0v) is 17.5.